The fourth-order valence-corrected chi connectivity index (χ4v) is 2.65. The molecule has 100 valence electrons. The average molecular weight is 325 g/mol. The van der Waals surface area contributed by atoms with Gasteiger partial charge in [0.15, 0.2) is 0 Å². The molecule has 1 atom stereocenters. The van der Waals surface area contributed by atoms with Gasteiger partial charge in [0.2, 0.25) is 5.91 Å². The molecule has 2 amide bonds. The Kier molecular flexibility index (Phi) is 3.99. The van der Waals surface area contributed by atoms with Crippen LogP contribution in [-0.2, 0) is 16.1 Å². The molecule has 2 rings (SSSR count). The van der Waals surface area contributed by atoms with Crippen LogP contribution >= 0.6 is 15.9 Å². The maximum Gasteiger partial charge on any atom is 0.255 e. The van der Waals surface area contributed by atoms with E-state index in [9.17, 15) is 14.4 Å². The van der Waals surface area contributed by atoms with Gasteiger partial charge in [0.05, 0.1) is 0 Å². The Balaban J connectivity index is 2.25. The molecule has 1 aromatic carbocycles. The zero-order chi connectivity index (χ0) is 14.0. The topological polar surface area (TPSA) is 80.5 Å². The fraction of sp³-hybridized carbons (Fsp3) is 0.308. The first-order chi connectivity index (χ1) is 9.04. The second-order valence-corrected chi connectivity index (χ2v) is 5.31. The second kappa shape index (κ2) is 5.52. The van der Waals surface area contributed by atoms with Crippen molar-refractivity contribution in [2.45, 2.75) is 25.4 Å². The van der Waals surface area contributed by atoms with Crippen LogP contribution in [0.25, 0.3) is 0 Å². The van der Waals surface area contributed by atoms with E-state index >= 15 is 0 Å². The van der Waals surface area contributed by atoms with Crippen molar-refractivity contribution >= 4 is 34.0 Å². The van der Waals surface area contributed by atoms with E-state index in [1.54, 1.807) is 12.1 Å². The predicted octanol–water partition coefficient (Wildman–Crippen LogP) is 1.24. The van der Waals surface area contributed by atoms with Crippen molar-refractivity contribution < 1.29 is 14.4 Å². The second-order valence-electron chi connectivity index (χ2n) is 4.40. The number of aldehydes is 1. The summed E-state index contributed by atoms with van der Waals surface area (Å²) in [6, 6.07) is 4.62. The van der Waals surface area contributed by atoms with E-state index in [1.807, 2.05) is 6.07 Å². The number of hydrogen-bond donors (Lipinski definition) is 1. The van der Waals surface area contributed by atoms with Crippen molar-refractivity contribution in [1.29, 1.82) is 0 Å². The normalized spacial score (nSPS) is 15.2. The molecule has 0 radical (unpaired) electrons. The van der Waals surface area contributed by atoms with Crippen molar-refractivity contribution in [3.05, 3.63) is 33.8 Å². The summed E-state index contributed by atoms with van der Waals surface area (Å²) < 4.78 is 0.879. The largest absolute Gasteiger partial charge is 0.368 e. The molecule has 0 bridgehead atoms. The van der Waals surface area contributed by atoms with E-state index in [2.05, 4.69) is 15.9 Å². The Labute approximate surface area is 118 Å². The summed E-state index contributed by atoms with van der Waals surface area (Å²) in [5, 5.41) is 0. The number of amides is 2. The van der Waals surface area contributed by atoms with Gasteiger partial charge in [-0.15, -0.1) is 0 Å². The van der Waals surface area contributed by atoms with Crippen LogP contribution in [0.1, 0.15) is 28.8 Å². The van der Waals surface area contributed by atoms with Gasteiger partial charge in [-0.25, -0.2) is 0 Å². The van der Waals surface area contributed by atoms with Gasteiger partial charge in [-0.1, -0.05) is 15.9 Å². The Morgan fingerprint density at radius 2 is 2.26 bits per heavy atom. The van der Waals surface area contributed by atoms with Crippen LogP contribution in [0.2, 0.25) is 0 Å². The number of hydrogen-bond acceptors (Lipinski definition) is 3. The van der Waals surface area contributed by atoms with Crippen molar-refractivity contribution in [2.75, 3.05) is 0 Å². The highest BCUT2D eigenvalue weighted by atomic mass is 79.9. The smallest absolute Gasteiger partial charge is 0.255 e. The number of benzene rings is 1. The zero-order valence-corrected chi connectivity index (χ0v) is 11.7. The van der Waals surface area contributed by atoms with Crippen LogP contribution in [0.4, 0.5) is 0 Å². The lowest BCUT2D eigenvalue weighted by atomic mass is 10.1. The summed E-state index contributed by atoms with van der Waals surface area (Å²) in [7, 11) is 0. The molecule has 1 heterocycles. The monoisotopic (exact) mass is 324 g/mol. The van der Waals surface area contributed by atoms with E-state index in [0.717, 1.165) is 16.3 Å². The first-order valence-corrected chi connectivity index (χ1v) is 6.66. The molecule has 1 aliphatic rings. The fourth-order valence-electron chi connectivity index (χ4n) is 2.24. The first-order valence-electron chi connectivity index (χ1n) is 5.87. The minimum absolute atomic E-state index is 0.206. The van der Waals surface area contributed by atoms with Crippen molar-refractivity contribution in [1.82, 2.24) is 4.90 Å². The molecule has 0 aliphatic carbocycles. The highest BCUT2D eigenvalue weighted by Gasteiger charge is 2.35. The number of rotatable bonds is 5. The molecule has 0 fully saturated rings. The third kappa shape index (κ3) is 2.68. The first kappa shape index (κ1) is 13.7. The van der Waals surface area contributed by atoms with Gasteiger partial charge in [0.25, 0.3) is 5.91 Å². The Bertz CT molecular complexity index is 545. The SMILES string of the molecule is NC(=O)C(CCC=O)N1Cc2cc(Br)ccc2C1=O. The standard InChI is InChI=1S/C13H13BrN2O3/c14-9-3-4-10-8(6-9)7-16(13(10)19)11(12(15)18)2-1-5-17/h3-6,11H,1-2,7H2,(H2,15,18). The summed E-state index contributed by atoms with van der Waals surface area (Å²) in [6.07, 6.45) is 1.19. The minimum atomic E-state index is -0.733. The number of halogens is 1. The minimum Gasteiger partial charge on any atom is -0.368 e. The molecule has 0 spiro atoms. The van der Waals surface area contributed by atoms with E-state index in [1.165, 1.54) is 4.90 Å². The van der Waals surface area contributed by atoms with Gasteiger partial charge >= 0.3 is 0 Å². The van der Waals surface area contributed by atoms with Gasteiger partial charge in [-0.2, -0.15) is 0 Å². The quantitative estimate of drug-likeness (QED) is 0.827. The lowest BCUT2D eigenvalue weighted by molar-refractivity contribution is -0.122. The number of primary amides is 1. The molecule has 1 unspecified atom stereocenters. The zero-order valence-electron chi connectivity index (χ0n) is 10.1. The molecule has 0 aromatic heterocycles. The maximum absolute atomic E-state index is 12.2. The van der Waals surface area contributed by atoms with Crippen LogP contribution in [0, 0.1) is 0 Å². The van der Waals surface area contributed by atoms with Crippen LogP contribution in [0.5, 0.6) is 0 Å². The van der Waals surface area contributed by atoms with E-state index in [4.69, 9.17) is 5.73 Å². The summed E-state index contributed by atoms with van der Waals surface area (Å²) in [5.74, 6) is -0.792. The van der Waals surface area contributed by atoms with E-state index < -0.39 is 11.9 Å². The summed E-state index contributed by atoms with van der Waals surface area (Å²) >= 11 is 3.34. The number of carbonyl (C=O) groups is 3. The molecule has 6 heteroatoms. The average Bonchev–Trinajstić information content (AvgIpc) is 2.66. The summed E-state index contributed by atoms with van der Waals surface area (Å²) in [6.45, 7) is 0.347. The van der Waals surface area contributed by atoms with Crippen molar-refractivity contribution in [3.63, 3.8) is 0 Å². The molecule has 1 aromatic rings. The molecular formula is C13H13BrN2O3. The Hall–Kier alpha value is -1.69. The van der Waals surface area contributed by atoms with Crippen LogP contribution in [0.3, 0.4) is 0 Å². The van der Waals surface area contributed by atoms with Crippen molar-refractivity contribution in [3.8, 4) is 0 Å². The van der Waals surface area contributed by atoms with Gasteiger partial charge in [-0.3, -0.25) is 9.59 Å². The molecule has 0 saturated carbocycles. The number of nitrogens with two attached hydrogens (primary N) is 1. The van der Waals surface area contributed by atoms with Crippen molar-refractivity contribution in [2.24, 2.45) is 5.73 Å². The number of carbonyl (C=O) groups excluding carboxylic acids is 3. The summed E-state index contributed by atoms with van der Waals surface area (Å²) in [5.41, 5.74) is 6.77. The molecule has 0 saturated heterocycles. The number of nitrogens with zero attached hydrogens (tertiary/aromatic N) is 1. The Morgan fingerprint density at radius 3 is 2.89 bits per heavy atom. The number of fused-ring (bicyclic) bond motifs is 1. The lowest BCUT2D eigenvalue weighted by Gasteiger charge is -2.24. The molecule has 19 heavy (non-hydrogen) atoms. The highest BCUT2D eigenvalue weighted by Crippen LogP contribution is 2.28. The van der Waals surface area contributed by atoms with E-state index in [-0.39, 0.29) is 18.7 Å². The van der Waals surface area contributed by atoms with Gasteiger partial charge in [0.1, 0.15) is 12.3 Å². The van der Waals surface area contributed by atoms with Crippen LogP contribution in [-0.4, -0.2) is 29.0 Å². The Morgan fingerprint density at radius 1 is 1.53 bits per heavy atom. The molecule has 2 N–H and O–H groups in total. The summed E-state index contributed by atoms with van der Waals surface area (Å²) in [4.78, 5) is 35.6. The van der Waals surface area contributed by atoms with Crippen LogP contribution < -0.4 is 5.73 Å². The van der Waals surface area contributed by atoms with Gasteiger partial charge in [-0.05, 0) is 30.2 Å². The lowest BCUT2D eigenvalue weighted by Crippen LogP contribution is -2.44. The highest BCUT2D eigenvalue weighted by molar-refractivity contribution is 9.10. The molecule has 1 aliphatic heterocycles. The maximum atomic E-state index is 12.2. The van der Waals surface area contributed by atoms with Gasteiger partial charge < -0.3 is 15.4 Å². The molecular weight excluding hydrogens is 312 g/mol. The van der Waals surface area contributed by atoms with E-state index in [0.29, 0.717) is 12.1 Å². The van der Waals surface area contributed by atoms with Crippen LogP contribution in [0.15, 0.2) is 22.7 Å². The predicted molar refractivity (Wildman–Crippen MR) is 72.3 cm³/mol. The molecule has 5 nitrogen and oxygen atoms in total. The third-order valence-corrected chi connectivity index (χ3v) is 3.66. The van der Waals surface area contributed by atoms with Gasteiger partial charge in [0, 0.05) is 23.0 Å². The third-order valence-electron chi connectivity index (χ3n) is 3.16.